The smallest absolute Gasteiger partial charge is 0.252 e. The molecule has 0 saturated heterocycles. The molecule has 140 valence electrons. The van der Waals surface area contributed by atoms with Crippen LogP contribution in [0.2, 0.25) is 10.0 Å². The Morgan fingerprint density at radius 3 is 2.42 bits per heavy atom. The van der Waals surface area contributed by atoms with Crippen LogP contribution in [0.4, 0.5) is 17.5 Å². The number of hydrogen-bond donors (Lipinski definition) is 3. The minimum Gasteiger partial charge on any atom is -0.496 e. The SMILES string of the molecule is CNc1nc(Nc2c(Cl)cc(C(N)=O)c(OC)c2C(C)(C)C)ncc1Cl. The summed E-state index contributed by atoms with van der Waals surface area (Å²) in [6, 6.07) is 1.47. The topological polar surface area (TPSA) is 102 Å². The summed E-state index contributed by atoms with van der Waals surface area (Å²) in [5.74, 6) is 0.499. The van der Waals surface area contributed by atoms with Crippen molar-refractivity contribution in [2.45, 2.75) is 26.2 Å². The maximum atomic E-state index is 11.8. The van der Waals surface area contributed by atoms with Crippen LogP contribution < -0.4 is 21.1 Å². The number of carbonyl (C=O) groups is 1. The Hall–Kier alpha value is -2.25. The van der Waals surface area contributed by atoms with E-state index >= 15 is 0 Å². The summed E-state index contributed by atoms with van der Waals surface area (Å²) in [7, 11) is 3.18. The molecule has 0 saturated carbocycles. The molecule has 0 atom stereocenters. The van der Waals surface area contributed by atoms with E-state index in [0.717, 1.165) is 0 Å². The van der Waals surface area contributed by atoms with E-state index in [4.69, 9.17) is 33.7 Å². The van der Waals surface area contributed by atoms with Gasteiger partial charge < -0.3 is 21.1 Å². The van der Waals surface area contributed by atoms with Crippen LogP contribution >= 0.6 is 23.2 Å². The molecular weight excluding hydrogens is 377 g/mol. The van der Waals surface area contributed by atoms with Crippen molar-refractivity contribution in [2.24, 2.45) is 5.73 Å². The van der Waals surface area contributed by atoms with Gasteiger partial charge in [-0.25, -0.2) is 4.98 Å². The second-order valence-corrected chi connectivity index (χ2v) is 7.38. The lowest BCUT2D eigenvalue weighted by Crippen LogP contribution is -2.20. The molecule has 2 rings (SSSR count). The highest BCUT2D eigenvalue weighted by molar-refractivity contribution is 6.34. The lowest BCUT2D eigenvalue weighted by atomic mass is 9.83. The lowest BCUT2D eigenvalue weighted by Gasteiger charge is -2.27. The normalized spacial score (nSPS) is 11.2. The first-order valence-electron chi connectivity index (χ1n) is 7.78. The van der Waals surface area contributed by atoms with Crippen molar-refractivity contribution in [3.05, 3.63) is 33.4 Å². The minimum atomic E-state index is -0.624. The molecule has 4 N–H and O–H groups in total. The fourth-order valence-electron chi connectivity index (χ4n) is 2.58. The van der Waals surface area contributed by atoms with Gasteiger partial charge in [0.05, 0.1) is 29.6 Å². The molecule has 9 heteroatoms. The first-order chi connectivity index (χ1) is 12.1. The third-order valence-electron chi connectivity index (χ3n) is 3.67. The summed E-state index contributed by atoms with van der Waals surface area (Å²) in [5, 5.41) is 6.68. The van der Waals surface area contributed by atoms with Crippen molar-refractivity contribution >= 4 is 46.6 Å². The van der Waals surface area contributed by atoms with Crippen LogP contribution in [-0.2, 0) is 5.41 Å². The highest BCUT2D eigenvalue weighted by Crippen LogP contribution is 2.44. The number of aromatic nitrogens is 2. The molecular formula is C17H21Cl2N5O2. The largest absolute Gasteiger partial charge is 0.496 e. The van der Waals surface area contributed by atoms with Crippen LogP contribution in [0.5, 0.6) is 5.75 Å². The number of rotatable bonds is 5. The van der Waals surface area contributed by atoms with Gasteiger partial charge >= 0.3 is 0 Å². The average Bonchev–Trinajstić information content (AvgIpc) is 2.56. The molecule has 2 aromatic rings. The zero-order chi connectivity index (χ0) is 19.6. The molecule has 26 heavy (non-hydrogen) atoms. The van der Waals surface area contributed by atoms with Crippen molar-refractivity contribution in [2.75, 3.05) is 24.8 Å². The monoisotopic (exact) mass is 397 g/mol. The number of nitrogens with zero attached hydrogens (tertiary/aromatic N) is 2. The number of methoxy groups -OCH3 is 1. The molecule has 7 nitrogen and oxygen atoms in total. The zero-order valence-electron chi connectivity index (χ0n) is 15.2. The molecule has 1 amide bonds. The van der Waals surface area contributed by atoms with E-state index in [1.54, 1.807) is 7.05 Å². The number of primary amides is 1. The highest BCUT2D eigenvalue weighted by Gasteiger charge is 2.29. The fourth-order valence-corrected chi connectivity index (χ4v) is 3.02. The number of benzene rings is 1. The molecule has 0 unspecified atom stereocenters. The van der Waals surface area contributed by atoms with Gasteiger partial charge in [-0.05, 0) is 11.5 Å². The molecule has 0 radical (unpaired) electrons. The molecule has 1 aromatic carbocycles. The molecule has 1 aromatic heterocycles. The summed E-state index contributed by atoms with van der Waals surface area (Å²) in [5.41, 5.74) is 6.50. The van der Waals surface area contributed by atoms with Gasteiger partial charge in [-0.15, -0.1) is 0 Å². The van der Waals surface area contributed by atoms with E-state index in [9.17, 15) is 4.79 Å². The van der Waals surface area contributed by atoms with E-state index < -0.39 is 11.3 Å². The second kappa shape index (κ2) is 7.55. The number of nitrogens with one attached hydrogen (secondary N) is 2. The molecule has 1 heterocycles. The molecule has 0 aliphatic heterocycles. The van der Waals surface area contributed by atoms with Crippen molar-refractivity contribution < 1.29 is 9.53 Å². The van der Waals surface area contributed by atoms with Gasteiger partial charge in [-0.3, -0.25) is 4.79 Å². The van der Waals surface area contributed by atoms with Crippen LogP contribution in [0, 0.1) is 0 Å². The number of amides is 1. The summed E-state index contributed by atoms with van der Waals surface area (Å²) in [6.45, 7) is 5.91. The Balaban J connectivity index is 2.70. The Bertz CT molecular complexity index is 850. The molecule has 0 spiro atoms. The van der Waals surface area contributed by atoms with E-state index in [0.29, 0.717) is 38.8 Å². The third-order valence-corrected chi connectivity index (χ3v) is 4.24. The summed E-state index contributed by atoms with van der Waals surface area (Å²) < 4.78 is 5.49. The van der Waals surface area contributed by atoms with Crippen LogP contribution in [0.3, 0.4) is 0 Å². The van der Waals surface area contributed by atoms with Crippen LogP contribution in [-0.4, -0.2) is 30.0 Å². The van der Waals surface area contributed by atoms with Crippen LogP contribution in [0.1, 0.15) is 36.7 Å². The fraction of sp³-hybridized carbons (Fsp3) is 0.353. The van der Waals surface area contributed by atoms with Gasteiger partial charge in [0, 0.05) is 12.6 Å². The number of halogens is 2. The number of hydrogen-bond acceptors (Lipinski definition) is 6. The molecule has 0 fully saturated rings. The van der Waals surface area contributed by atoms with Gasteiger partial charge in [0.2, 0.25) is 5.95 Å². The van der Waals surface area contributed by atoms with Crippen molar-refractivity contribution in [3.8, 4) is 5.75 Å². The highest BCUT2D eigenvalue weighted by atomic mass is 35.5. The maximum absolute atomic E-state index is 11.8. The second-order valence-electron chi connectivity index (χ2n) is 6.57. The quantitative estimate of drug-likeness (QED) is 0.704. The minimum absolute atomic E-state index is 0.209. The lowest BCUT2D eigenvalue weighted by molar-refractivity contribution is 0.0997. The van der Waals surface area contributed by atoms with Crippen LogP contribution in [0.15, 0.2) is 12.3 Å². The maximum Gasteiger partial charge on any atom is 0.252 e. The van der Waals surface area contributed by atoms with Crippen molar-refractivity contribution in [3.63, 3.8) is 0 Å². The summed E-state index contributed by atoms with van der Waals surface area (Å²) in [4.78, 5) is 20.3. The molecule has 0 aliphatic carbocycles. The standard InChI is InChI=1S/C17H21Cl2N5O2/c1-17(2,3)11-12(9(18)6-8(14(20)25)13(11)26-5)23-16-22-7-10(19)15(21-4)24-16/h6-7H,1-5H3,(H2,20,25)(H2,21,22,23,24). The Morgan fingerprint density at radius 2 is 1.92 bits per heavy atom. The van der Waals surface area contributed by atoms with Crippen molar-refractivity contribution in [1.29, 1.82) is 0 Å². The van der Waals surface area contributed by atoms with E-state index in [2.05, 4.69) is 20.6 Å². The predicted molar refractivity (Wildman–Crippen MR) is 105 cm³/mol. The third kappa shape index (κ3) is 3.94. The Labute approximate surface area is 162 Å². The van der Waals surface area contributed by atoms with Gasteiger partial charge in [0.1, 0.15) is 16.6 Å². The van der Waals surface area contributed by atoms with Crippen LogP contribution in [0.25, 0.3) is 0 Å². The number of nitrogens with two attached hydrogens (primary N) is 1. The number of ether oxygens (including phenoxy) is 1. The van der Waals surface area contributed by atoms with Gasteiger partial charge in [-0.1, -0.05) is 44.0 Å². The Kier molecular flexibility index (Phi) is 5.83. The van der Waals surface area contributed by atoms with Gasteiger partial charge in [0.25, 0.3) is 5.91 Å². The Morgan fingerprint density at radius 1 is 1.27 bits per heavy atom. The van der Waals surface area contributed by atoms with E-state index in [1.807, 2.05) is 20.8 Å². The first kappa shape index (κ1) is 20.1. The average molecular weight is 398 g/mol. The predicted octanol–water partition coefficient (Wildman–Crippen LogP) is 3.97. The summed E-state index contributed by atoms with van der Waals surface area (Å²) in [6.07, 6.45) is 1.47. The number of anilines is 3. The van der Waals surface area contributed by atoms with Gasteiger partial charge in [-0.2, -0.15) is 4.98 Å². The zero-order valence-corrected chi connectivity index (χ0v) is 16.7. The number of carbonyl (C=O) groups excluding carboxylic acids is 1. The van der Waals surface area contributed by atoms with E-state index in [-0.39, 0.29) is 5.56 Å². The molecule has 0 aliphatic rings. The van der Waals surface area contributed by atoms with Gasteiger partial charge in [0.15, 0.2) is 0 Å². The first-order valence-corrected chi connectivity index (χ1v) is 8.53. The van der Waals surface area contributed by atoms with E-state index in [1.165, 1.54) is 19.4 Å². The summed E-state index contributed by atoms with van der Waals surface area (Å²) >= 11 is 12.5. The van der Waals surface area contributed by atoms with Crippen molar-refractivity contribution in [1.82, 2.24) is 9.97 Å². The molecule has 0 bridgehead atoms.